The van der Waals surface area contributed by atoms with Gasteiger partial charge in [0.15, 0.2) is 5.82 Å². The second-order valence-corrected chi connectivity index (χ2v) is 10.9. The largest absolute Gasteiger partial charge is 0.439 e. The molecule has 0 fully saturated rings. The topological polar surface area (TPSA) is 252 Å². The minimum atomic E-state index is -0.749. The van der Waals surface area contributed by atoms with Crippen LogP contribution in [0.4, 0.5) is 11.4 Å². The lowest BCUT2D eigenvalue weighted by Crippen LogP contribution is -2.36. The minimum absolute atomic E-state index is 0.0683. The summed E-state index contributed by atoms with van der Waals surface area (Å²) in [5.41, 5.74) is 7.25. The Morgan fingerprint density at radius 3 is 2.55 bits per heavy atom. The van der Waals surface area contributed by atoms with Gasteiger partial charge in [-0.25, -0.2) is 24.2 Å². The summed E-state index contributed by atoms with van der Waals surface area (Å²) in [5, 5.41) is 14.7. The van der Waals surface area contributed by atoms with E-state index in [0.29, 0.717) is 24.2 Å². The number of anilines is 2. The van der Waals surface area contributed by atoms with Crippen molar-refractivity contribution in [3.8, 4) is 11.4 Å². The number of nitrogens with zero attached hydrogens (tertiary/aromatic N) is 4. The molecule has 0 aliphatic heterocycles. The van der Waals surface area contributed by atoms with Crippen molar-refractivity contribution in [2.75, 3.05) is 11.1 Å². The molecule has 47 heavy (non-hydrogen) atoms. The predicted octanol–water partition coefficient (Wildman–Crippen LogP) is -0.101. The standard InChI is InChI=1S/C30H24N10O7/c31-21-22(24(42)23(21)41)32-11-13-2-1-3-14(8-13)12-33-27(44)20-10-19(35-28-37-29(45)38-40(20)28)26(43)34-18-7-5-15-9-16(4-6-17(15)18)25-36-30(46)47-39-25/h1-4,6,8-10,18,32H,5,7,11-12,31H2,(H,33,44)(H,34,43)(H,38,45)(H,36,39,46)/t18-/m0/s1. The van der Waals surface area contributed by atoms with Gasteiger partial charge in [-0.3, -0.25) is 28.7 Å². The number of H-pyrrole nitrogens is 2. The third kappa shape index (κ3) is 5.45. The van der Waals surface area contributed by atoms with Gasteiger partial charge in [0.05, 0.1) is 6.04 Å². The average molecular weight is 637 g/mol. The van der Waals surface area contributed by atoms with E-state index in [9.17, 15) is 28.8 Å². The van der Waals surface area contributed by atoms with E-state index in [-0.39, 0.29) is 47.7 Å². The normalized spacial score (nSPS) is 13.9. The Hall–Kier alpha value is -6.65. The third-order valence-corrected chi connectivity index (χ3v) is 7.91. The van der Waals surface area contributed by atoms with Crippen molar-refractivity contribution in [2.45, 2.75) is 32.0 Å². The van der Waals surface area contributed by atoms with E-state index >= 15 is 0 Å². The number of fused-ring (bicyclic) bond motifs is 2. The Bertz CT molecular complexity index is 2410. The van der Waals surface area contributed by atoms with Crippen LogP contribution in [0, 0.1) is 0 Å². The maximum atomic E-state index is 13.4. The molecule has 236 valence electrons. The molecule has 0 saturated carbocycles. The number of nitrogens with one attached hydrogen (secondary N) is 5. The molecular weight excluding hydrogens is 612 g/mol. The predicted molar refractivity (Wildman–Crippen MR) is 165 cm³/mol. The molecule has 3 heterocycles. The van der Waals surface area contributed by atoms with E-state index in [4.69, 9.17) is 5.73 Å². The van der Waals surface area contributed by atoms with Gasteiger partial charge in [-0.1, -0.05) is 41.6 Å². The Kier molecular flexibility index (Phi) is 7.03. The Morgan fingerprint density at radius 1 is 0.979 bits per heavy atom. The first-order valence-electron chi connectivity index (χ1n) is 14.3. The van der Waals surface area contributed by atoms with Gasteiger partial charge in [-0.15, -0.1) is 0 Å². The molecule has 3 aromatic carbocycles. The number of benzene rings is 2. The summed E-state index contributed by atoms with van der Waals surface area (Å²) in [5.74, 6) is -1.69. The number of aromatic nitrogens is 6. The fourth-order valence-electron chi connectivity index (χ4n) is 5.57. The van der Waals surface area contributed by atoms with Crippen molar-refractivity contribution in [3.63, 3.8) is 0 Å². The van der Waals surface area contributed by atoms with E-state index in [0.717, 1.165) is 26.8 Å². The first-order valence-corrected chi connectivity index (χ1v) is 14.3. The molecular formula is C30H24N10O7. The van der Waals surface area contributed by atoms with Crippen LogP contribution in [-0.4, -0.2) is 41.5 Å². The summed E-state index contributed by atoms with van der Waals surface area (Å²) >= 11 is 0. The van der Waals surface area contributed by atoms with Crippen LogP contribution in [0.5, 0.6) is 0 Å². The quantitative estimate of drug-likeness (QED) is 0.114. The lowest BCUT2D eigenvalue weighted by Gasteiger charge is -2.15. The van der Waals surface area contributed by atoms with Gasteiger partial charge in [-0.05, 0) is 41.2 Å². The van der Waals surface area contributed by atoms with Gasteiger partial charge in [-0.2, -0.15) is 4.98 Å². The molecule has 7 rings (SSSR count). The molecule has 0 unspecified atom stereocenters. The maximum Gasteiger partial charge on any atom is 0.439 e. The summed E-state index contributed by atoms with van der Waals surface area (Å²) in [4.78, 5) is 83.6. The average Bonchev–Trinajstić information content (AvgIpc) is 3.80. The molecule has 7 N–H and O–H groups in total. The molecule has 17 heteroatoms. The van der Waals surface area contributed by atoms with Crippen LogP contribution in [0.1, 0.15) is 55.7 Å². The van der Waals surface area contributed by atoms with E-state index in [1.54, 1.807) is 30.3 Å². The van der Waals surface area contributed by atoms with Gasteiger partial charge in [0.25, 0.3) is 28.4 Å². The molecule has 2 amide bonds. The number of rotatable bonds is 9. The minimum Gasteiger partial charge on any atom is -0.394 e. The third-order valence-electron chi connectivity index (χ3n) is 7.91. The lowest BCUT2D eigenvalue weighted by atomic mass is 10.0. The van der Waals surface area contributed by atoms with E-state index < -0.39 is 34.1 Å². The number of hydrogen-bond donors (Lipinski definition) is 6. The molecule has 17 nitrogen and oxygen atoms in total. The number of amides is 2. The van der Waals surface area contributed by atoms with Crippen molar-refractivity contribution in [2.24, 2.45) is 0 Å². The molecule has 0 spiro atoms. The van der Waals surface area contributed by atoms with E-state index in [1.165, 1.54) is 6.07 Å². The molecule has 3 aromatic heterocycles. The summed E-state index contributed by atoms with van der Waals surface area (Å²) in [7, 11) is 0. The van der Waals surface area contributed by atoms with Gasteiger partial charge in [0, 0.05) is 24.7 Å². The van der Waals surface area contributed by atoms with Crippen LogP contribution in [0.15, 0.2) is 72.2 Å². The lowest BCUT2D eigenvalue weighted by molar-refractivity contribution is 0.0931. The zero-order valence-corrected chi connectivity index (χ0v) is 24.2. The summed E-state index contributed by atoms with van der Waals surface area (Å²) in [6.07, 6.45) is 1.26. The van der Waals surface area contributed by atoms with E-state index in [1.807, 2.05) is 12.1 Å². The maximum absolute atomic E-state index is 13.4. The second-order valence-electron chi connectivity index (χ2n) is 10.9. The van der Waals surface area contributed by atoms with Gasteiger partial charge < -0.3 is 21.7 Å². The van der Waals surface area contributed by atoms with E-state index in [2.05, 4.69) is 45.7 Å². The fraction of sp³-hybridized carbons (Fsp3) is 0.167. The molecule has 0 radical (unpaired) electrons. The number of nitrogen functional groups attached to an aromatic ring is 1. The highest BCUT2D eigenvalue weighted by Gasteiger charge is 2.27. The molecule has 6 aromatic rings. The first kappa shape index (κ1) is 29.1. The van der Waals surface area contributed by atoms with Crippen molar-refractivity contribution >= 4 is 29.0 Å². The Morgan fingerprint density at radius 2 is 1.79 bits per heavy atom. The zero-order chi connectivity index (χ0) is 32.8. The molecule has 0 bridgehead atoms. The highest BCUT2D eigenvalue weighted by atomic mass is 16.5. The van der Waals surface area contributed by atoms with Crippen molar-refractivity contribution in [1.29, 1.82) is 0 Å². The van der Waals surface area contributed by atoms with Gasteiger partial charge in [0.2, 0.25) is 0 Å². The van der Waals surface area contributed by atoms with Crippen LogP contribution in [0.3, 0.4) is 0 Å². The Balaban J connectivity index is 1.06. The van der Waals surface area contributed by atoms with Gasteiger partial charge >= 0.3 is 11.4 Å². The number of nitrogens with two attached hydrogens (primary N) is 1. The van der Waals surface area contributed by atoms with Crippen LogP contribution < -0.4 is 44.0 Å². The summed E-state index contributed by atoms with van der Waals surface area (Å²) < 4.78 is 5.69. The van der Waals surface area contributed by atoms with Crippen molar-refractivity contribution in [3.05, 3.63) is 124 Å². The summed E-state index contributed by atoms with van der Waals surface area (Å²) in [6.45, 7) is 0.313. The highest BCUT2D eigenvalue weighted by molar-refractivity contribution is 5.98. The number of carbonyl (C=O) groups excluding carboxylic acids is 2. The number of aryl methyl sites for hydroxylation is 1. The highest BCUT2D eigenvalue weighted by Crippen LogP contribution is 2.33. The zero-order valence-electron chi connectivity index (χ0n) is 24.2. The smallest absolute Gasteiger partial charge is 0.394 e. The van der Waals surface area contributed by atoms with Gasteiger partial charge in [0.1, 0.15) is 22.8 Å². The van der Waals surface area contributed by atoms with Crippen LogP contribution in [0.2, 0.25) is 0 Å². The van der Waals surface area contributed by atoms with Crippen molar-refractivity contribution < 1.29 is 14.1 Å². The number of aromatic amines is 2. The van der Waals surface area contributed by atoms with Crippen LogP contribution in [0.25, 0.3) is 17.2 Å². The monoisotopic (exact) mass is 636 g/mol. The molecule has 1 atom stereocenters. The van der Waals surface area contributed by atoms with Crippen LogP contribution in [-0.2, 0) is 19.5 Å². The molecule has 1 aliphatic rings. The van der Waals surface area contributed by atoms with Crippen molar-refractivity contribution in [1.82, 2.24) is 40.4 Å². The number of hydrogen-bond acceptors (Lipinski definition) is 12. The Labute approximate surface area is 261 Å². The molecule has 1 aliphatic carbocycles. The van der Waals surface area contributed by atoms with Crippen LogP contribution >= 0.6 is 0 Å². The SMILES string of the molecule is Nc1c(NCc2cccc(CNC(=O)c3cc(C(=O)N[C@H]4CCc5cc(-c6noc(=O)[nH]6)ccc54)nc4nc(=O)[nH]n34)c2)c(=O)c1=O. The second kappa shape index (κ2) is 11.4. The number of carbonyl (C=O) groups is 2. The molecule has 0 saturated heterocycles. The summed E-state index contributed by atoms with van der Waals surface area (Å²) in [6, 6.07) is 13.5. The first-order chi connectivity index (χ1) is 22.6. The fourth-order valence-corrected chi connectivity index (χ4v) is 5.57.